The summed E-state index contributed by atoms with van der Waals surface area (Å²) >= 11 is 6.21. The van der Waals surface area contributed by atoms with Crippen molar-refractivity contribution in [1.82, 2.24) is 0 Å². The van der Waals surface area contributed by atoms with Crippen LogP contribution in [0.3, 0.4) is 0 Å². The van der Waals surface area contributed by atoms with Crippen LogP contribution in [0.15, 0.2) is 18.2 Å². The Hall–Kier alpha value is -0.730. The summed E-state index contributed by atoms with van der Waals surface area (Å²) in [5.74, 6) is 0. The summed E-state index contributed by atoms with van der Waals surface area (Å²) in [7, 11) is 0. The summed E-state index contributed by atoms with van der Waals surface area (Å²) in [6.07, 6.45) is 2.13. The molecule has 2 nitrogen and oxygen atoms in total. The van der Waals surface area contributed by atoms with Crippen LogP contribution in [0.25, 0.3) is 0 Å². The van der Waals surface area contributed by atoms with Crippen molar-refractivity contribution in [2.75, 3.05) is 18.5 Å². The molecule has 0 atom stereocenters. The predicted octanol–water partition coefficient (Wildman–Crippen LogP) is 4.23. The molecule has 1 aromatic carbocycles. The van der Waals surface area contributed by atoms with Crippen molar-refractivity contribution in [1.29, 1.82) is 0 Å². The van der Waals surface area contributed by atoms with E-state index in [2.05, 4.69) is 38.2 Å². The van der Waals surface area contributed by atoms with Crippen LogP contribution in [0.4, 0.5) is 5.69 Å². The molecule has 1 saturated heterocycles. The summed E-state index contributed by atoms with van der Waals surface area (Å²) in [4.78, 5) is 0. The molecule has 1 aliphatic heterocycles. The van der Waals surface area contributed by atoms with Gasteiger partial charge in [0.05, 0.1) is 0 Å². The number of anilines is 1. The van der Waals surface area contributed by atoms with E-state index in [9.17, 15) is 0 Å². The zero-order chi connectivity index (χ0) is 13.2. The quantitative estimate of drug-likeness (QED) is 0.866. The highest BCUT2D eigenvalue weighted by Gasteiger charge is 2.17. The maximum Gasteiger partial charge on any atom is 0.0485 e. The fourth-order valence-electron chi connectivity index (χ4n) is 2.18. The summed E-state index contributed by atoms with van der Waals surface area (Å²) < 4.78 is 5.37. The maximum absolute atomic E-state index is 6.21. The van der Waals surface area contributed by atoms with Gasteiger partial charge in [-0.15, -0.1) is 0 Å². The van der Waals surface area contributed by atoms with Gasteiger partial charge in [-0.2, -0.15) is 0 Å². The van der Waals surface area contributed by atoms with Gasteiger partial charge < -0.3 is 10.1 Å². The Morgan fingerprint density at radius 3 is 2.44 bits per heavy atom. The third kappa shape index (κ3) is 3.63. The fraction of sp³-hybridized carbons (Fsp3) is 0.600. The molecule has 0 unspecified atom stereocenters. The monoisotopic (exact) mass is 267 g/mol. The van der Waals surface area contributed by atoms with Crippen LogP contribution in [-0.4, -0.2) is 19.3 Å². The lowest BCUT2D eigenvalue weighted by Crippen LogP contribution is -2.28. The molecule has 0 radical (unpaired) electrons. The Kier molecular flexibility index (Phi) is 4.18. The van der Waals surface area contributed by atoms with E-state index in [0.717, 1.165) is 36.8 Å². The number of hydrogen-bond acceptors (Lipinski definition) is 2. The van der Waals surface area contributed by atoms with Crippen LogP contribution in [0, 0.1) is 0 Å². The van der Waals surface area contributed by atoms with E-state index in [1.165, 1.54) is 5.56 Å². The number of ether oxygens (including phenoxy) is 1. The van der Waals surface area contributed by atoms with Crippen LogP contribution >= 0.6 is 11.6 Å². The average Bonchev–Trinajstić information content (AvgIpc) is 2.28. The van der Waals surface area contributed by atoms with Crippen molar-refractivity contribution in [3.8, 4) is 0 Å². The third-order valence-electron chi connectivity index (χ3n) is 3.36. The van der Waals surface area contributed by atoms with Crippen LogP contribution in [-0.2, 0) is 10.2 Å². The van der Waals surface area contributed by atoms with Gasteiger partial charge in [0.15, 0.2) is 0 Å². The highest BCUT2D eigenvalue weighted by atomic mass is 35.5. The third-order valence-corrected chi connectivity index (χ3v) is 3.57. The minimum absolute atomic E-state index is 0.122. The molecular formula is C15H22ClNO. The Morgan fingerprint density at radius 1 is 1.17 bits per heavy atom. The Morgan fingerprint density at radius 2 is 1.83 bits per heavy atom. The number of halogens is 1. The zero-order valence-electron chi connectivity index (χ0n) is 11.4. The van der Waals surface area contributed by atoms with E-state index in [-0.39, 0.29) is 5.41 Å². The Bertz CT molecular complexity index is 405. The molecule has 0 aliphatic carbocycles. The molecule has 0 saturated carbocycles. The number of rotatable bonds is 2. The molecule has 1 fully saturated rings. The molecule has 3 heteroatoms. The second kappa shape index (κ2) is 5.50. The van der Waals surface area contributed by atoms with E-state index in [1.54, 1.807) is 0 Å². The topological polar surface area (TPSA) is 21.3 Å². The van der Waals surface area contributed by atoms with E-state index < -0.39 is 0 Å². The van der Waals surface area contributed by atoms with Gasteiger partial charge in [-0.1, -0.05) is 32.4 Å². The first-order valence-corrected chi connectivity index (χ1v) is 6.98. The minimum atomic E-state index is 0.122. The first kappa shape index (κ1) is 13.7. The van der Waals surface area contributed by atoms with Gasteiger partial charge in [-0.25, -0.2) is 0 Å². The van der Waals surface area contributed by atoms with Gasteiger partial charge in [0.25, 0.3) is 0 Å². The highest BCUT2D eigenvalue weighted by Crippen LogP contribution is 2.29. The molecule has 2 rings (SSSR count). The summed E-state index contributed by atoms with van der Waals surface area (Å²) in [6, 6.07) is 6.77. The molecular weight excluding hydrogens is 246 g/mol. The normalized spacial score (nSPS) is 17.8. The first-order chi connectivity index (χ1) is 8.45. The number of hydrogen-bond donors (Lipinski definition) is 1. The van der Waals surface area contributed by atoms with E-state index in [1.807, 2.05) is 6.07 Å². The summed E-state index contributed by atoms with van der Waals surface area (Å²) in [5.41, 5.74) is 2.51. The lowest BCUT2D eigenvalue weighted by molar-refractivity contribution is 0.0904. The van der Waals surface area contributed by atoms with E-state index in [4.69, 9.17) is 16.3 Å². The van der Waals surface area contributed by atoms with Crippen molar-refractivity contribution in [2.45, 2.75) is 45.1 Å². The molecule has 100 valence electrons. The molecule has 1 aromatic rings. The molecule has 0 amide bonds. The van der Waals surface area contributed by atoms with Crippen molar-refractivity contribution in [3.63, 3.8) is 0 Å². The molecule has 0 aromatic heterocycles. The molecule has 1 aliphatic rings. The molecule has 1 heterocycles. The van der Waals surface area contributed by atoms with Gasteiger partial charge in [0.2, 0.25) is 0 Å². The largest absolute Gasteiger partial charge is 0.382 e. The number of nitrogens with one attached hydrogen (secondary N) is 1. The average molecular weight is 268 g/mol. The van der Waals surface area contributed by atoms with Crippen LogP contribution in [0.1, 0.15) is 39.2 Å². The zero-order valence-corrected chi connectivity index (χ0v) is 12.2. The Labute approximate surface area is 115 Å². The smallest absolute Gasteiger partial charge is 0.0485 e. The highest BCUT2D eigenvalue weighted by molar-refractivity contribution is 6.30. The minimum Gasteiger partial charge on any atom is -0.382 e. The standard InChI is InChI=1S/C15H22ClNO/c1-15(2,3)11-8-12(16)10-14(9-11)17-13-4-6-18-7-5-13/h8-10,13,17H,4-7H2,1-3H3. The fourth-order valence-corrected chi connectivity index (χ4v) is 2.42. The summed E-state index contributed by atoms with van der Waals surface area (Å²) in [5, 5.41) is 4.37. The van der Waals surface area contributed by atoms with Gasteiger partial charge >= 0.3 is 0 Å². The first-order valence-electron chi connectivity index (χ1n) is 6.60. The molecule has 0 spiro atoms. The van der Waals surface area contributed by atoms with Gasteiger partial charge in [-0.3, -0.25) is 0 Å². The summed E-state index contributed by atoms with van der Waals surface area (Å²) in [6.45, 7) is 8.32. The lowest BCUT2D eigenvalue weighted by atomic mass is 9.87. The maximum atomic E-state index is 6.21. The van der Waals surface area contributed by atoms with Crippen LogP contribution < -0.4 is 5.32 Å². The van der Waals surface area contributed by atoms with Crippen molar-refractivity contribution in [2.24, 2.45) is 0 Å². The van der Waals surface area contributed by atoms with Crippen LogP contribution in [0.5, 0.6) is 0 Å². The second-order valence-electron chi connectivity index (χ2n) is 6.01. The number of benzene rings is 1. The van der Waals surface area contributed by atoms with E-state index in [0.29, 0.717) is 6.04 Å². The Balaban J connectivity index is 2.14. The lowest BCUT2D eigenvalue weighted by Gasteiger charge is -2.26. The molecule has 0 bridgehead atoms. The van der Waals surface area contributed by atoms with Gasteiger partial charge in [-0.05, 0) is 42.0 Å². The van der Waals surface area contributed by atoms with Gasteiger partial charge in [0, 0.05) is 30.0 Å². The SMILES string of the molecule is CC(C)(C)c1cc(Cl)cc(NC2CCOCC2)c1. The predicted molar refractivity (Wildman–Crippen MR) is 77.6 cm³/mol. The van der Waals surface area contributed by atoms with Gasteiger partial charge in [0.1, 0.15) is 0 Å². The van der Waals surface area contributed by atoms with Crippen molar-refractivity contribution >= 4 is 17.3 Å². The molecule has 18 heavy (non-hydrogen) atoms. The van der Waals surface area contributed by atoms with E-state index >= 15 is 0 Å². The van der Waals surface area contributed by atoms with Crippen LogP contribution in [0.2, 0.25) is 5.02 Å². The van der Waals surface area contributed by atoms with Crippen molar-refractivity contribution in [3.05, 3.63) is 28.8 Å². The molecule has 1 N–H and O–H groups in total. The van der Waals surface area contributed by atoms with Crippen molar-refractivity contribution < 1.29 is 4.74 Å². The second-order valence-corrected chi connectivity index (χ2v) is 6.45.